The van der Waals surface area contributed by atoms with Gasteiger partial charge < -0.3 is 5.11 Å². The van der Waals surface area contributed by atoms with E-state index in [1.165, 1.54) is 6.92 Å². The lowest BCUT2D eigenvalue weighted by Crippen LogP contribution is -2.12. The van der Waals surface area contributed by atoms with Gasteiger partial charge in [-0.15, -0.1) is 11.3 Å². The minimum Gasteiger partial charge on any atom is -0.388 e. The Morgan fingerprint density at radius 2 is 2.12 bits per heavy atom. The molecule has 0 aromatic carbocycles. The van der Waals surface area contributed by atoms with Crippen LogP contribution < -0.4 is 0 Å². The predicted molar refractivity (Wildman–Crippen MR) is 65.3 cm³/mol. The quantitative estimate of drug-likeness (QED) is 0.834. The number of rotatable bonds is 2. The summed E-state index contributed by atoms with van der Waals surface area (Å²) >= 11 is 0.997. The standard InChI is InChI=1S/C11H14O4S2/c1-6(12)10-7-4-3-5-8(13)9(7)11(16-10)17(2,14)15/h8,13H,3-5H2,1-2H3. The van der Waals surface area contributed by atoms with Gasteiger partial charge in [-0.25, -0.2) is 8.42 Å². The minimum atomic E-state index is -3.38. The molecule has 1 unspecified atom stereocenters. The number of Topliss-reactive ketones (excluding diaryl/α,β-unsaturated/α-hetero) is 1. The molecule has 4 nitrogen and oxygen atoms in total. The number of sulfone groups is 1. The van der Waals surface area contributed by atoms with E-state index in [0.29, 0.717) is 23.3 Å². The van der Waals surface area contributed by atoms with Crippen LogP contribution in [0.3, 0.4) is 0 Å². The lowest BCUT2D eigenvalue weighted by molar-refractivity contribution is 0.101. The molecule has 1 aromatic heterocycles. The Bertz CT molecular complexity index is 569. The van der Waals surface area contributed by atoms with Gasteiger partial charge in [0.05, 0.1) is 11.0 Å². The molecule has 1 aliphatic rings. The monoisotopic (exact) mass is 274 g/mol. The molecule has 1 aromatic rings. The van der Waals surface area contributed by atoms with Crippen LogP contribution in [0, 0.1) is 0 Å². The summed E-state index contributed by atoms with van der Waals surface area (Å²) in [6.07, 6.45) is 2.38. The predicted octanol–water partition coefficient (Wildman–Crippen LogP) is 1.72. The van der Waals surface area contributed by atoms with Gasteiger partial charge in [-0.2, -0.15) is 0 Å². The summed E-state index contributed by atoms with van der Waals surface area (Å²) in [4.78, 5) is 12.0. The Balaban J connectivity index is 2.74. The molecular formula is C11H14O4S2. The summed E-state index contributed by atoms with van der Waals surface area (Å²) in [6.45, 7) is 1.43. The topological polar surface area (TPSA) is 71.4 Å². The number of ketones is 1. The van der Waals surface area contributed by atoms with Gasteiger partial charge in [0.15, 0.2) is 15.6 Å². The van der Waals surface area contributed by atoms with Gasteiger partial charge in [0.25, 0.3) is 0 Å². The summed E-state index contributed by atoms with van der Waals surface area (Å²) in [5, 5.41) is 9.93. The van der Waals surface area contributed by atoms with Crippen molar-refractivity contribution in [1.82, 2.24) is 0 Å². The Labute approximate surface area is 104 Å². The van der Waals surface area contributed by atoms with Crippen LogP contribution in [0.4, 0.5) is 0 Å². The van der Waals surface area contributed by atoms with Crippen LogP contribution in [0.5, 0.6) is 0 Å². The highest BCUT2D eigenvalue weighted by Crippen LogP contribution is 2.42. The average Bonchev–Trinajstić information content (AvgIpc) is 2.57. The van der Waals surface area contributed by atoms with E-state index in [-0.39, 0.29) is 9.99 Å². The summed E-state index contributed by atoms with van der Waals surface area (Å²) in [7, 11) is -3.38. The molecular weight excluding hydrogens is 260 g/mol. The van der Waals surface area contributed by atoms with Crippen LogP contribution >= 0.6 is 11.3 Å². The van der Waals surface area contributed by atoms with E-state index in [0.717, 1.165) is 29.6 Å². The van der Waals surface area contributed by atoms with Crippen molar-refractivity contribution in [2.45, 2.75) is 36.5 Å². The first kappa shape index (κ1) is 12.7. The summed E-state index contributed by atoms with van der Waals surface area (Å²) in [5.41, 5.74) is 1.20. The Morgan fingerprint density at radius 1 is 1.47 bits per heavy atom. The number of thiophene rings is 1. The SMILES string of the molecule is CC(=O)c1sc(S(C)(=O)=O)c2c1CCCC2O. The van der Waals surface area contributed by atoms with E-state index in [9.17, 15) is 18.3 Å². The molecule has 17 heavy (non-hydrogen) atoms. The number of carbonyl (C=O) groups excluding carboxylic acids is 1. The van der Waals surface area contributed by atoms with E-state index in [1.54, 1.807) is 0 Å². The fourth-order valence-corrected chi connectivity index (χ4v) is 4.76. The summed E-state index contributed by atoms with van der Waals surface area (Å²) < 4.78 is 23.5. The molecule has 0 saturated heterocycles. The van der Waals surface area contributed by atoms with Crippen LogP contribution in [0.25, 0.3) is 0 Å². The second-order valence-electron chi connectivity index (χ2n) is 4.35. The minimum absolute atomic E-state index is 0.129. The van der Waals surface area contributed by atoms with Gasteiger partial charge in [-0.1, -0.05) is 0 Å². The van der Waals surface area contributed by atoms with E-state index in [4.69, 9.17) is 0 Å². The zero-order valence-electron chi connectivity index (χ0n) is 9.69. The largest absolute Gasteiger partial charge is 0.388 e. The molecule has 0 saturated carbocycles. The van der Waals surface area contributed by atoms with Crippen LogP contribution in [0.2, 0.25) is 0 Å². The van der Waals surface area contributed by atoms with Crippen LogP contribution in [0.15, 0.2) is 4.21 Å². The number of carbonyl (C=O) groups is 1. The van der Waals surface area contributed by atoms with Gasteiger partial charge in [-0.3, -0.25) is 4.79 Å². The van der Waals surface area contributed by atoms with Gasteiger partial charge >= 0.3 is 0 Å². The van der Waals surface area contributed by atoms with Crippen molar-refractivity contribution in [2.75, 3.05) is 6.26 Å². The lowest BCUT2D eigenvalue weighted by atomic mass is 9.91. The molecule has 0 amide bonds. The maximum absolute atomic E-state index is 11.7. The molecule has 6 heteroatoms. The van der Waals surface area contributed by atoms with Gasteiger partial charge in [0.1, 0.15) is 4.21 Å². The molecule has 0 fully saturated rings. The Hall–Kier alpha value is -0.720. The third-order valence-corrected chi connectivity index (χ3v) is 6.10. The summed E-state index contributed by atoms with van der Waals surface area (Å²) in [5.74, 6) is -0.129. The highest BCUT2D eigenvalue weighted by Gasteiger charge is 2.32. The third kappa shape index (κ3) is 2.17. The molecule has 0 aliphatic heterocycles. The van der Waals surface area contributed by atoms with Crippen molar-refractivity contribution in [1.29, 1.82) is 0 Å². The van der Waals surface area contributed by atoms with Crippen molar-refractivity contribution in [2.24, 2.45) is 0 Å². The molecule has 1 heterocycles. The normalized spacial score (nSPS) is 20.1. The van der Waals surface area contributed by atoms with E-state index in [2.05, 4.69) is 0 Å². The first-order chi connectivity index (χ1) is 7.82. The first-order valence-corrected chi connectivity index (χ1v) is 8.07. The average molecular weight is 274 g/mol. The second-order valence-corrected chi connectivity index (χ2v) is 7.58. The molecule has 2 rings (SSSR count). The number of aliphatic hydroxyl groups excluding tert-OH is 1. The van der Waals surface area contributed by atoms with E-state index < -0.39 is 15.9 Å². The maximum atomic E-state index is 11.7. The Kier molecular flexibility index (Phi) is 3.14. The van der Waals surface area contributed by atoms with Crippen molar-refractivity contribution >= 4 is 27.0 Å². The van der Waals surface area contributed by atoms with Crippen molar-refractivity contribution in [3.05, 3.63) is 16.0 Å². The number of hydrogen-bond acceptors (Lipinski definition) is 5. The van der Waals surface area contributed by atoms with Crippen LogP contribution in [-0.2, 0) is 16.3 Å². The molecule has 0 bridgehead atoms. The van der Waals surface area contributed by atoms with Gasteiger partial charge in [-0.05, 0) is 31.7 Å². The zero-order chi connectivity index (χ0) is 12.8. The summed E-state index contributed by atoms with van der Waals surface area (Å²) in [6, 6.07) is 0. The highest BCUT2D eigenvalue weighted by molar-refractivity contribution is 7.92. The maximum Gasteiger partial charge on any atom is 0.185 e. The highest BCUT2D eigenvalue weighted by atomic mass is 32.2. The van der Waals surface area contributed by atoms with Crippen molar-refractivity contribution in [3.8, 4) is 0 Å². The number of fused-ring (bicyclic) bond motifs is 1. The Morgan fingerprint density at radius 3 is 2.65 bits per heavy atom. The molecule has 0 spiro atoms. The second kappa shape index (κ2) is 4.19. The van der Waals surface area contributed by atoms with Crippen LogP contribution in [-0.4, -0.2) is 25.6 Å². The molecule has 94 valence electrons. The molecule has 1 aliphatic carbocycles. The van der Waals surface area contributed by atoms with Gasteiger partial charge in [0.2, 0.25) is 0 Å². The fraction of sp³-hybridized carbons (Fsp3) is 0.545. The number of hydrogen-bond donors (Lipinski definition) is 1. The van der Waals surface area contributed by atoms with Crippen molar-refractivity contribution in [3.63, 3.8) is 0 Å². The van der Waals surface area contributed by atoms with Gasteiger partial charge in [0, 0.05) is 11.8 Å². The molecule has 1 N–H and O–H groups in total. The van der Waals surface area contributed by atoms with E-state index in [1.807, 2.05) is 0 Å². The fourth-order valence-electron chi connectivity index (χ4n) is 2.22. The molecule has 0 radical (unpaired) electrons. The third-order valence-electron chi connectivity index (χ3n) is 2.91. The molecule has 1 atom stereocenters. The first-order valence-electron chi connectivity index (χ1n) is 5.37. The zero-order valence-corrected chi connectivity index (χ0v) is 11.3. The van der Waals surface area contributed by atoms with Crippen molar-refractivity contribution < 1.29 is 18.3 Å². The lowest BCUT2D eigenvalue weighted by Gasteiger charge is -2.19. The van der Waals surface area contributed by atoms with E-state index >= 15 is 0 Å². The van der Waals surface area contributed by atoms with Crippen LogP contribution in [0.1, 0.15) is 46.7 Å². The number of aliphatic hydroxyl groups is 1. The smallest absolute Gasteiger partial charge is 0.185 e.